The lowest BCUT2D eigenvalue weighted by molar-refractivity contribution is -0.117. The molecule has 1 aliphatic heterocycles. The number of carbonyl (C=O) groups is 2. The molecular formula is C26H27N3O2. The summed E-state index contributed by atoms with van der Waals surface area (Å²) in [6, 6.07) is 21.1. The second-order valence-electron chi connectivity index (χ2n) is 8.41. The molecule has 1 aliphatic rings. The van der Waals surface area contributed by atoms with Gasteiger partial charge in [-0.05, 0) is 63.1 Å². The van der Waals surface area contributed by atoms with E-state index >= 15 is 0 Å². The van der Waals surface area contributed by atoms with E-state index in [0.717, 1.165) is 33.8 Å². The third kappa shape index (κ3) is 3.91. The zero-order chi connectivity index (χ0) is 22.2. The molecule has 5 heteroatoms. The highest BCUT2D eigenvalue weighted by atomic mass is 16.2. The molecule has 2 amide bonds. The molecule has 0 saturated carbocycles. The Hall–Kier alpha value is -3.60. The molecule has 0 unspecified atom stereocenters. The lowest BCUT2D eigenvalue weighted by atomic mass is 9.95. The number of benzene rings is 3. The van der Waals surface area contributed by atoms with E-state index in [0.29, 0.717) is 5.56 Å². The van der Waals surface area contributed by atoms with Gasteiger partial charge in [0, 0.05) is 17.1 Å². The SMILES string of the molecule is Cc1ccc(NC(=O)C[C@]2(C)Nc3ccccc3C(=O)N2c2ccccc2C)c(C)c1. The smallest absolute Gasteiger partial charge is 0.262 e. The van der Waals surface area contributed by atoms with Crippen LogP contribution < -0.4 is 15.5 Å². The van der Waals surface area contributed by atoms with Gasteiger partial charge in [-0.1, -0.05) is 48.0 Å². The Kier molecular flexibility index (Phi) is 5.27. The fourth-order valence-corrected chi connectivity index (χ4v) is 4.24. The summed E-state index contributed by atoms with van der Waals surface area (Å²) in [6.45, 7) is 7.87. The van der Waals surface area contributed by atoms with E-state index in [-0.39, 0.29) is 18.2 Å². The monoisotopic (exact) mass is 413 g/mol. The summed E-state index contributed by atoms with van der Waals surface area (Å²) in [5.41, 5.74) is 5.09. The maximum absolute atomic E-state index is 13.6. The molecule has 3 aromatic carbocycles. The first-order chi connectivity index (χ1) is 14.8. The summed E-state index contributed by atoms with van der Waals surface area (Å²) >= 11 is 0. The molecule has 0 aromatic heterocycles. The summed E-state index contributed by atoms with van der Waals surface area (Å²) in [6.07, 6.45) is 0.0920. The second-order valence-corrected chi connectivity index (χ2v) is 8.41. The van der Waals surface area contributed by atoms with Gasteiger partial charge < -0.3 is 10.6 Å². The predicted molar refractivity (Wildman–Crippen MR) is 126 cm³/mol. The zero-order valence-corrected chi connectivity index (χ0v) is 18.3. The Morgan fingerprint density at radius 3 is 2.42 bits per heavy atom. The summed E-state index contributed by atoms with van der Waals surface area (Å²) in [4.78, 5) is 28.4. The minimum absolute atomic E-state index is 0.0920. The molecule has 0 saturated heterocycles. The molecule has 0 fully saturated rings. The maximum atomic E-state index is 13.6. The maximum Gasteiger partial charge on any atom is 0.262 e. The van der Waals surface area contributed by atoms with Crippen LogP contribution in [0.4, 0.5) is 17.1 Å². The van der Waals surface area contributed by atoms with E-state index in [1.807, 2.05) is 94.4 Å². The van der Waals surface area contributed by atoms with E-state index in [2.05, 4.69) is 10.6 Å². The standard InChI is InChI=1S/C26H27N3O2/c1-17-13-14-21(19(3)15-17)27-24(30)16-26(4)28-22-11-7-6-10-20(22)25(31)29(26)23-12-8-5-9-18(23)2/h5-15,28H,16H2,1-4H3,(H,27,30)/t26-/m1/s1. The van der Waals surface area contributed by atoms with Crippen LogP contribution in [0.2, 0.25) is 0 Å². The number of carbonyl (C=O) groups excluding carboxylic acids is 2. The van der Waals surface area contributed by atoms with Gasteiger partial charge in [0.2, 0.25) is 5.91 Å². The van der Waals surface area contributed by atoms with Crippen LogP contribution in [-0.2, 0) is 4.79 Å². The normalized spacial score (nSPS) is 17.7. The highest BCUT2D eigenvalue weighted by Crippen LogP contribution is 2.38. The zero-order valence-electron chi connectivity index (χ0n) is 18.3. The van der Waals surface area contributed by atoms with Crippen molar-refractivity contribution in [2.24, 2.45) is 0 Å². The van der Waals surface area contributed by atoms with E-state index in [4.69, 9.17) is 0 Å². The Labute approximate surface area is 183 Å². The number of aryl methyl sites for hydroxylation is 3. The van der Waals surface area contributed by atoms with E-state index in [1.165, 1.54) is 0 Å². The number of rotatable bonds is 4. The molecule has 4 rings (SSSR count). The predicted octanol–water partition coefficient (Wildman–Crippen LogP) is 5.43. The number of nitrogens with zero attached hydrogens (tertiary/aromatic N) is 1. The van der Waals surface area contributed by atoms with Gasteiger partial charge in [-0.3, -0.25) is 14.5 Å². The Bertz CT molecular complexity index is 1170. The van der Waals surface area contributed by atoms with Crippen LogP contribution in [0, 0.1) is 20.8 Å². The van der Waals surface area contributed by atoms with Crippen molar-refractivity contribution in [1.29, 1.82) is 0 Å². The molecule has 0 bridgehead atoms. The molecule has 0 radical (unpaired) electrons. The fraction of sp³-hybridized carbons (Fsp3) is 0.231. The van der Waals surface area contributed by atoms with Crippen molar-refractivity contribution >= 4 is 28.9 Å². The quantitative estimate of drug-likeness (QED) is 0.600. The van der Waals surface area contributed by atoms with Crippen LogP contribution in [0.25, 0.3) is 0 Å². The first-order valence-electron chi connectivity index (χ1n) is 10.4. The van der Waals surface area contributed by atoms with Crippen molar-refractivity contribution in [2.45, 2.75) is 39.8 Å². The van der Waals surface area contributed by atoms with Crippen LogP contribution in [0.5, 0.6) is 0 Å². The van der Waals surface area contributed by atoms with Crippen molar-refractivity contribution in [2.75, 3.05) is 15.5 Å². The number of hydrogen-bond acceptors (Lipinski definition) is 3. The van der Waals surface area contributed by atoms with Crippen molar-refractivity contribution in [3.8, 4) is 0 Å². The van der Waals surface area contributed by atoms with Crippen LogP contribution in [-0.4, -0.2) is 17.5 Å². The minimum atomic E-state index is -0.930. The number of anilines is 3. The van der Waals surface area contributed by atoms with Gasteiger partial charge in [-0.15, -0.1) is 0 Å². The van der Waals surface area contributed by atoms with Gasteiger partial charge in [0.25, 0.3) is 5.91 Å². The molecule has 2 N–H and O–H groups in total. The van der Waals surface area contributed by atoms with Gasteiger partial charge in [0.05, 0.1) is 12.0 Å². The van der Waals surface area contributed by atoms with Gasteiger partial charge in [0.1, 0.15) is 5.66 Å². The highest BCUT2D eigenvalue weighted by Gasteiger charge is 2.44. The highest BCUT2D eigenvalue weighted by molar-refractivity contribution is 6.13. The van der Waals surface area contributed by atoms with Crippen LogP contribution in [0.1, 0.15) is 40.4 Å². The van der Waals surface area contributed by atoms with Crippen LogP contribution >= 0.6 is 0 Å². The Balaban J connectivity index is 1.71. The summed E-state index contributed by atoms with van der Waals surface area (Å²) in [5, 5.41) is 6.48. The third-order valence-electron chi connectivity index (χ3n) is 5.78. The first kappa shape index (κ1) is 20.7. The number of nitrogens with one attached hydrogen (secondary N) is 2. The summed E-state index contributed by atoms with van der Waals surface area (Å²) in [5.74, 6) is -0.279. The van der Waals surface area contributed by atoms with E-state index < -0.39 is 5.66 Å². The number of para-hydroxylation sites is 2. The Morgan fingerprint density at radius 1 is 0.968 bits per heavy atom. The molecule has 158 valence electrons. The van der Waals surface area contributed by atoms with Crippen molar-refractivity contribution < 1.29 is 9.59 Å². The molecule has 1 heterocycles. The summed E-state index contributed by atoms with van der Waals surface area (Å²) < 4.78 is 0. The largest absolute Gasteiger partial charge is 0.361 e. The molecule has 0 spiro atoms. The average molecular weight is 414 g/mol. The molecule has 0 aliphatic carbocycles. The topological polar surface area (TPSA) is 61.4 Å². The fourth-order valence-electron chi connectivity index (χ4n) is 4.24. The third-order valence-corrected chi connectivity index (χ3v) is 5.78. The van der Waals surface area contributed by atoms with Crippen LogP contribution in [0.3, 0.4) is 0 Å². The van der Waals surface area contributed by atoms with Gasteiger partial charge in [0.15, 0.2) is 0 Å². The van der Waals surface area contributed by atoms with Gasteiger partial charge in [-0.2, -0.15) is 0 Å². The lowest BCUT2D eigenvalue weighted by Crippen LogP contribution is -2.60. The number of amides is 2. The van der Waals surface area contributed by atoms with Gasteiger partial charge in [-0.25, -0.2) is 0 Å². The molecule has 5 nitrogen and oxygen atoms in total. The molecule has 31 heavy (non-hydrogen) atoms. The van der Waals surface area contributed by atoms with Crippen molar-refractivity contribution in [1.82, 2.24) is 0 Å². The lowest BCUT2D eigenvalue weighted by Gasteiger charge is -2.46. The number of fused-ring (bicyclic) bond motifs is 1. The minimum Gasteiger partial charge on any atom is -0.361 e. The van der Waals surface area contributed by atoms with Crippen LogP contribution in [0.15, 0.2) is 66.7 Å². The number of hydrogen-bond donors (Lipinski definition) is 2. The van der Waals surface area contributed by atoms with Gasteiger partial charge >= 0.3 is 0 Å². The van der Waals surface area contributed by atoms with Crippen molar-refractivity contribution in [3.05, 3.63) is 89.0 Å². The van der Waals surface area contributed by atoms with E-state index in [9.17, 15) is 9.59 Å². The average Bonchev–Trinajstić information content (AvgIpc) is 2.71. The molecular weight excluding hydrogens is 386 g/mol. The molecule has 3 aromatic rings. The first-order valence-corrected chi connectivity index (χ1v) is 10.4. The molecule has 1 atom stereocenters. The van der Waals surface area contributed by atoms with Crippen molar-refractivity contribution in [3.63, 3.8) is 0 Å². The Morgan fingerprint density at radius 2 is 1.68 bits per heavy atom. The summed E-state index contributed by atoms with van der Waals surface area (Å²) in [7, 11) is 0. The second kappa shape index (κ2) is 7.91. The van der Waals surface area contributed by atoms with E-state index in [1.54, 1.807) is 4.90 Å².